The fourth-order valence-electron chi connectivity index (χ4n) is 2.75. The number of hydrogen-bond acceptors (Lipinski definition) is 5. The summed E-state index contributed by atoms with van der Waals surface area (Å²) in [6.07, 6.45) is 2.03. The van der Waals surface area contributed by atoms with Crippen molar-refractivity contribution >= 4 is 17.7 Å². The van der Waals surface area contributed by atoms with Gasteiger partial charge in [-0.25, -0.2) is 0 Å². The number of rotatable bonds is 4. The number of carbonyl (C=O) groups is 1. The molecule has 1 saturated heterocycles. The van der Waals surface area contributed by atoms with E-state index in [9.17, 15) is 4.79 Å². The van der Waals surface area contributed by atoms with E-state index in [1.807, 2.05) is 48.4 Å². The highest BCUT2D eigenvalue weighted by Gasteiger charge is 2.22. The monoisotopic (exact) mass is 331 g/mol. The number of benzene rings is 1. The lowest BCUT2D eigenvalue weighted by Gasteiger charge is -2.34. The molecule has 1 amide bonds. The van der Waals surface area contributed by atoms with Gasteiger partial charge in [0.1, 0.15) is 5.76 Å². The van der Waals surface area contributed by atoms with E-state index in [1.165, 1.54) is 4.90 Å². The Labute approximate surface area is 140 Å². The van der Waals surface area contributed by atoms with Crippen molar-refractivity contribution in [2.24, 2.45) is 0 Å². The molecule has 0 atom stereocenters. The molecule has 0 aliphatic carbocycles. The summed E-state index contributed by atoms with van der Waals surface area (Å²) in [5.41, 5.74) is 1.72. The van der Waals surface area contributed by atoms with Crippen molar-refractivity contribution in [3.63, 3.8) is 0 Å². The fourth-order valence-corrected chi connectivity index (χ4v) is 3.16. The van der Waals surface area contributed by atoms with Crippen molar-refractivity contribution in [3.05, 3.63) is 47.3 Å². The summed E-state index contributed by atoms with van der Waals surface area (Å²) in [7, 11) is 0. The van der Waals surface area contributed by atoms with E-state index in [1.54, 1.807) is 11.8 Å². The number of amides is 1. The second kappa shape index (κ2) is 7.19. The zero-order valence-electron chi connectivity index (χ0n) is 13.5. The Balaban J connectivity index is 1.54. The molecule has 0 radical (unpaired) electrons. The molecule has 5 nitrogen and oxygen atoms in total. The van der Waals surface area contributed by atoms with Gasteiger partial charge >= 0.3 is 0 Å². The van der Waals surface area contributed by atoms with Gasteiger partial charge in [0.25, 0.3) is 5.91 Å². The molecule has 0 spiro atoms. The van der Waals surface area contributed by atoms with Crippen LogP contribution in [0.25, 0.3) is 0 Å². The highest BCUT2D eigenvalue weighted by Crippen LogP contribution is 2.17. The summed E-state index contributed by atoms with van der Waals surface area (Å²) in [5, 5.41) is 4.03. The molecule has 2 aromatic rings. The predicted octanol–water partition coefficient (Wildman–Crippen LogP) is 2.66. The fraction of sp³-hybridized carbons (Fsp3) is 0.412. The lowest BCUT2D eigenvalue weighted by Crippen LogP contribution is -2.48. The SMILES string of the molecule is CSc1ccc(C(=O)N2CCN(Cc3cc(C)on3)CC2)cc1. The molecule has 0 bridgehead atoms. The Kier molecular flexibility index (Phi) is 5.03. The molecular weight excluding hydrogens is 310 g/mol. The molecule has 2 heterocycles. The van der Waals surface area contributed by atoms with Crippen molar-refractivity contribution in [2.75, 3.05) is 32.4 Å². The van der Waals surface area contributed by atoms with Crippen molar-refractivity contribution in [1.82, 2.24) is 15.0 Å². The van der Waals surface area contributed by atoms with Gasteiger partial charge in [0.2, 0.25) is 0 Å². The second-order valence-corrected chi connectivity index (χ2v) is 6.61. The van der Waals surface area contributed by atoms with Gasteiger partial charge in [-0.15, -0.1) is 11.8 Å². The van der Waals surface area contributed by atoms with Gasteiger partial charge in [-0.1, -0.05) is 5.16 Å². The molecule has 0 saturated carbocycles. The van der Waals surface area contributed by atoms with Gasteiger partial charge < -0.3 is 9.42 Å². The third-order valence-corrected chi connectivity index (χ3v) is 4.80. The Morgan fingerprint density at radius 1 is 1.22 bits per heavy atom. The van der Waals surface area contributed by atoms with Crippen LogP contribution in [0.1, 0.15) is 21.8 Å². The topological polar surface area (TPSA) is 49.6 Å². The Morgan fingerprint density at radius 3 is 2.48 bits per heavy atom. The number of hydrogen-bond donors (Lipinski definition) is 0. The molecule has 122 valence electrons. The molecule has 0 N–H and O–H groups in total. The number of aryl methyl sites for hydroxylation is 1. The van der Waals surface area contributed by atoms with Crippen LogP contribution in [0.5, 0.6) is 0 Å². The number of thioether (sulfide) groups is 1. The number of piperazine rings is 1. The Hall–Kier alpha value is -1.79. The van der Waals surface area contributed by atoms with Crippen LogP contribution < -0.4 is 0 Å². The number of carbonyl (C=O) groups excluding carboxylic acids is 1. The standard InChI is InChI=1S/C17H21N3O2S/c1-13-11-15(18-22-13)12-19-7-9-20(10-8-19)17(21)14-3-5-16(23-2)6-4-14/h3-6,11H,7-10,12H2,1-2H3. The van der Waals surface area contributed by atoms with E-state index in [2.05, 4.69) is 10.1 Å². The zero-order valence-corrected chi connectivity index (χ0v) is 14.3. The Bertz CT molecular complexity index is 661. The predicted molar refractivity (Wildman–Crippen MR) is 90.6 cm³/mol. The van der Waals surface area contributed by atoms with E-state index >= 15 is 0 Å². The van der Waals surface area contributed by atoms with Gasteiger partial charge in [-0.3, -0.25) is 9.69 Å². The molecule has 1 aliphatic rings. The molecule has 1 aliphatic heterocycles. The molecule has 1 fully saturated rings. The van der Waals surface area contributed by atoms with Crippen LogP contribution in [0.15, 0.2) is 39.8 Å². The minimum atomic E-state index is 0.120. The lowest BCUT2D eigenvalue weighted by molar-refractivity contribution is 0.0625. The minimum absolute atomic E-state index is 0.120. The van der Waals surface area contributed by atoms with E-state index < -0.39 is 0 Å². The Morgan fingerprint density at radius 2 is 1.91 bits per heavy atom. The van der Waals surface area contributed by atoms with Gasteiger partial charge in [-0.05, 0) is 37.4 Å². The van der Waals surface area contributed by atoms with Gasteiger partial charge in [0, 0.05) is 49.2 Å². The first kappa shape index (κ1) is 16.1. The van der Waals surface area contributed by atoms with Crippen LogP contribution in [-0.2, 0) is 6.54 Å². The third kappa shape index (κ3) is 3.95. The number of nitrogens with zero attached hydrogens (tertiary/aromatic N) is 3. The van der Waals surface area contributed by atoms with E-state index in [4.69, 9.17) is 4.52 Å². The minimum Gasteiger partial charge on any atom is -0.361 e. The van der Waals surface area contributed by atoms with Crippen LogP contribution in [0.3, 0.4) is 0 Å². The number of aromatic nitrogens is 1. The van der Waals surface area contributed by atoms with Crippen molar-refractivity contribution < 1.29 is 9.32 Å². The average molecular weight is 331 g/mol. The summed E-state index contributed by atoms with van der Waals surface area (Å²) in [4.78, 5) is 17.9. The maximum absolute atomic E-state index is 12.5. The highest BCUT2D eigenvalue weighted by molar-refractivity contribution is 7.98. The third-order valence-electron chi connectivity index (χ3n) is 4.06. The van der Waals surface area contributed by atoms with Crippen molar-refractivity contribution in [3.8, 4) is 0 Å². The average Bonchev–Trinajstić information content (AvgIpc) is 3.00. The van der Waals surface area contributed by atoms with Gasteiger partial charge in [-0.2, -0.15) is 0 Å². The molecule has 23 heavy (non-hydrogen) atoms. The molecule has 6 heteroatoms. The second-order valence-electron chi connectivity index (χ2n) is 5.73. The first-order valence-corrected chi connectivity index (χ1v) is 8.96. The molecule has 1 aromatic carbocycles. The largest absolute Gasteiger partial charge is 0.361 e. The van der Waals surface area contributed by atoms with Crippen LogP contribution >= 0.6 is 11.8 Å². The quantitative estimate of drug-likeness (QED) is 0.806. The van der Waals surface area contributed by atoms with Crippen LogP contribution in [0, 0.1) is 6.92 Å². The molecule has 1 aromatic heterocycles. The summed E-state index contributed by atoms with van der Waals surface area (Å²) >= 11 is 1.68. The van der Waals surface area contributed by atoms with Crippen molar-refractivity contribution in [2.45, 2.75) is 18.4 Å². The molecule has 3 rings (SSSR count). The van der Waals surface area contributed by atoms with E-state index in [-0.39, 0.29) is 5.91 Å². The first-order valence-electron chi connectivity index (χ1n) is 7.73. The molecular formula is C17H21N3O2S. The summed E-state index contributed by atoms with van der Waals surface area (Å²) in [6, 6.07) is 9.80. The smallest absolute Gasteiger partial charge is 0.253 e. The van der Waals surface area contributed by atoms with E-state index in [0.717, 1.165) is 49.7 Å². The zero-order chi connectivity index (χ0) is 16.2. The first-order chi connectivity index (χ1) is 11.2. The summed E-state index contributed by atoms with van der Waals surface area (Å²) in [6.45, 7) is 5.90. The van der Waals surface area contributed by atoms with Crippen LogP contribution in [0.2, 0.25) is 0 Å². The summed E-state index contributed by atoms with van der Waals surface area (Å²) < 4.78 is 5.10. The van der Waals surface area contributed by atoms with Crippen LogP contribution in [-0.4, -0.2) is 53.3 Å². The molecule has 0 unspecified atom stereocenters. The van der Waals surface area contributed by atoms with E-state index in [0.29, 0.717) is 0 Å². The van der Waals surface area contributed by atoms with Crippen LogP contribution in [0.4, 0.5) is 0 Å². The van der Waals surface area contributed by atoms with Gasteiger partial charge in [0.15, 0.2) is 0 Å². The maximum atomic E-state index is 12.5. The van der Waals surface area contributed by atoms with Gasteiger partial charge in [0.05, 0.1) is 5.69 Å². The normalized spacial score (nSPS) is 15.8. The maximum Gasteiger partial charge on any atom is 0.253 e. The lowest BCUT2D eigenvalue weighted by atomic mass is 10.2. The van der Waals surface area contributed by atoms with Crippen molar-refractivity contribution in [1.29, 1.82) is 0 Å². The highest BCUT2D eigenvalue weighted by atomic mass is 32.2. The summed E-state index contributed by atoms with van der Waals surface area (Å²) in [5.74, 6) is 0.956.